The van der Waals surface area contributed by atoms with E-state index in [2.05, 4.69) is 6.58 Å². The molecule has 0 aromatic heterocycles. The van der Waals surface area contributed by atoms with Crippen molar-refractivity contribution in [2.75, 3.05) is 25.1 Å². The van der Waals surface area contributed by atoms with Gasteiger partial charge in [-0.2, -0.15) is 0 Å². The quantitative estimate of drug-likeness (QED) is 0.293. The zero-order valence-electron chi connectivity index (χ0n) is 9.91. The molecule has 3 nitrogen and oxygen atoms in total. The van der Waals surface area contributed by atoms with Crippen molar-refractivity contribution in [2.45, 2.75) is 27.2 Å². The summed E-state index contributed by atoms with van der Waals surface area (Å²) in [6.45, 7) is 9.34. The molecule has 4 heteroatoms. The maximum Gasteiger partial charge on any atom is 0.333 e. The fraction of sp³-hybridized carbons (Fsp3) is 0.727. The first-order chi connectivity index (χ1) is 6.95. The van der Waals surface area contributed by atoms with E-state index in [4.69, 9.17) is 4.74 Å². The summed E-state index contributed by atoms with van der Waals surface area (Å²) in [5.41, 5.74) is 0.407. The minimum Gasteiger partial charge on any atom is -0.462 e. The number of ether oxygens (including phenoxy) is 1. The van der Waals surface area contributed by atoms with Crippen molar-refractivity contribution >= 4 is 13.1 Å². The second kappa shape index (κ2) is 6.84. The van der Waals surface area contributed by atoms with Crippen molar-refractivity contribution in [1.82, 2.24) is 0 Å². The number of esters is 1. The van der Waals surface area contributed by atoms with Gasteiger partial charge in [0.25, 0.3) is 0 Å². The van der Waals surface area contributed by atoms with E-state index in [0.717, 1.165) is 12.3 Å². The van der Waals surface area contributed by atoms with E-state index < -0.39 is 7.14 Å². The lowest BCUT2D eigenvalue weighted by Gasteiger charge is -2.13. The molecule has 0 unspecified atom stereocenters. The summed E-state index contributed by atoms with van der Waals surface area (Å²) in [7, 11) is -1.98. The third-order valence-corrected chi connectivity index (χ3v) is 5.88. The van der Waals surface area contributed by atoms with Crippen molar-refractivity contribution in [3.63, 3.8) is 0 Å². The molecule has 0 aliphatic carbocycles. The molecule has 0 saturated carbocycles. The maximum atomic E-state index is 12.0. The minimum atomic E-state index is -1.98. The van der Waals surface area contributed by atoms with Gasteiger partial charge >= 0.3 is 5.97 Å². The van der Waals surface area contributed by atoms with E-state index in [1.807, 2.05) is 13.8 Å². The van der Waals surface area contributed by atoms with Crippen LogP contribution in [0.4, 0.5) is 0 Å². The van der Waals surface area contributed by atoms with E-state index >= 15 is 0 Å². The Hall–Kier alpha value is -0.560. The first kappa shape index (κ1) is 14.4. The lowest BCUT2D eigenvalue weighted by molar-refractivity contribution is -0.138. The Labute approximate surface area is 92.3 Å². The van der Waals surface area contributed by atoms with Crippen LogP contribution in [0.3, 0.4) is 0 Å². The van der Waals surface area contributed by atoms with Crippen molar-refractivity contribution < 1.29 is 14.1 Å². The lowest BCUT2D eigenvalue weighted by Crippen LogP contribution is -2.08. The summed E-state index contributed by atoms with van der Waals surface area (Å²) in [6, 6.07) is 0. The van der Waals surface area contributed by atoms with Crippen LogP contribution in [-0.4, -0.2) is 31.1 Å². The molecule has 0 radical (unpaired) electrons. The Morgan fingerprint density at radius 2 is 1.87 bits per heavy atom. The molecule has 0 spiro atoms. The highest BCUT2D eigenvalue weighted by atomic mass is 31.2. The van der Waals surface area contributed by atoms with Crippen LogP contribution in [0, 0.1) is 0 Å². The average Bonchev–Trinajstić information content (AvgIpc) is 2.23. The first-order valence-corrected chi connectivity index (χ1v) is 7.61. The van der Waals surface area contributed by atoms with Crippen LogP contribution in [0.25, 0.3) is 0 Å². The van der Waals surface area contributed by atoms with Gasteiger partial charge < -0.3 is 9.30 Å². The number of rotatable bonds is 7. The van der Waals surface area contributed by atoms with Crippen LogP contribution < -0.4 is 0 Å². The van der Waals surface area contributed by atoms with E-state index in [1.54, 1.807) is 6.92 Å². The molecule has 0 aromatic carbocycles. The van der Waals surface area contributed by atoms with Crippen LogP contribution in [0.5, 0.6) is 0 Å². The van der Waals surface area contributed by atoms with Gasteiger partial charge in [0, 0.05) is 11.7 Å². The van der Waals surface area contributed by atoms with E-state index in [1.165, 1.54) is 0 Å². The Kier molecular flexibility index (Phi) is 6.58. The van der Waals surface area contributed by atoms with Crippen molar-refractivity contribution in [1.29, 1.82) is 0 Å². The van der Waals surface area contributed by atoms with E-state index in [0.29, 0.717) is 24.8 Å². The average molecular weight is 232 g/mol. The predicted molar refractivity (Wildman–Crippen MR) is 63.9 cm³/mol. The summed E-state index contributed by atoms with van der Waals surface area (Å²) >= 11 is 0. The maximum absolute atomic E-state index is 12.0. The molecule has 0 rings (SSSR count). The van der Waals surface area contributed by atoms with Gasteiger partial charge in [0.05, 0.1) is 13.7 Å². The fourth-order valence-electron chi connectivity index (χ4n) is 1.18. The van der Waals surface area contributed by atoms with Crippen molar-refractivity contribution in [3.05, 3.63) is 12.2 Å². The summed E-state index contributed by atoms with van der Waals surface area (Å²) in [5, 5.41) is 0. The number of hydrogen-bond acceptors (Lipinski definition) is 3. The van der Waals surface area contributed by atoms with Gasteiger partial charge in [-0.05, 0) is 25.7 Å². The van der Waals surface area contributed by atoms with Gasteiger partial charge in [-0.3, -0.25) is 0 Å². The standard InChI is InChI=1S/C11H21O3P/c1-5-15(13,6-2)9-7-8-14-11(12)10(3)4/h3,5-9H2,1-2,4H3. The molecule has 0 N–H and O–H groups in total. The van der Waals surface area contributed by atoms with Crippen LogP contribution in [0.1, 0.15) is 27.2 Å². The minimum absolute atomic E-state index is 0.343. The predicted octanol–water partition coefficient (Wildman–Crippen LogP) is 2.90. The summed E-state index contributed by atoms with van der Waals surface area (Å²) in [5.74, 6) is -0.363. The third-order valence-electron chi connectivity index (χ3n) is 2.44. The summed E-state index contributed by atoms with van der Waals surface area (Å²) < 4.78 is 16.9. The Bertz CT molecular complexity index is 263. The van der Waals surface area contributed by atoms with Gasteiger partial charge in [-0.15, -0.1) is 0 Å². The highest BCUT2D eigenvalue weighted by Crippen LogP contribution is 2.44. The highest BCUT2D eigenvalue weighted by Gasteiger charge is 2.16. The largest absolute Gasteiger partial charge is 0.462 e. The molecule has 15 heavy (non-hydrogen) atoms. The van der Waals surface area contributed by atoms with Gasteiger partial charge in [0.15, 0.2) is 0 Å². The fourth-order valence-corrected chi connectivity index (χ4v) is 2.97. The van der Waals surface area contributed by atoms with E-state index in [-0.39, 0.29) is 5.97 Å². The van der Waals surface area contributed by atoms with Gasteiger partial charge in [0.2, 0.25) is 0 Å². The Balaban J connectivity index is 3.76. The number of carbonyl (C=O) groups is 1. The second-order valence-electron chi connectivity index (χ2n) is 3.68. The molecule has 0 aromatic rings. The van der Waals surface area contributed by atoms with Crippen molar-refractivity contribution in [2.24, 2.45) is 0 Å². The molecule has 0 saturated heterocycles. The molecular weight excluding hydrogens is 211 g/mol. The van der Waals surface area contributed by atoms with Gasteiger partial charge in [0.1, 0.15) is 0 Å². The molecule has 0 bridgehead atoms. The van der Waals surface area contributed by atoms with Gasteiger partial charge in [-0.1, -0.05) is 20.4 Å². The molecule has 0 atom stereocenters. The van der Waals surface area contributed by atoms with Crippen LogP contribution in [-0.2, 0) is 14.1 Å². The lowest BCUT2D eigenvalue weighted by atomic mass is 10.4. The molecule has 0 amide bonds. The van der Waals surface area contributed by atoms with Crippen LogP contribution in [0.2, 0.25) is 0 Å². The molecule has 0 aliphatic heterocycles. The van der Waals surface area contributed by atoms with Crippen molar-refractivity contribution in [3.8, 4) is 0 Å². The van der Waals surface area contributed by atoms with Crippen LogP contribution in [0.15, 0.2) is 12.2 Å². The van der Waals surface area contributed by atoms with Crippen LogP contribution >= 0.6 is 7.14 Å². The summed E-state index contributed by atoms with van der Waals surface area (Å²) in [6.07, 6.45) is 2.82. The normalized spacial score (nSPS) is 11.1. The monoisotopic (exact) mass is 232 g/mol. The molecule has 88 valence electrons. The van der Waals surface area contributed by atoms with E-state index in [9.17, 15) is 9.36 Å². The third kappa shape index (κ3) is 5.78. The highest BCUT2D eigenvalue weighted by molar-refractivity contribution is 7.63. The zero-order valence-corrected chi connectivity index (χ0v) is 10.8. The second-order valence-corrected chi connectivity index (χ2v) is 7.51. The number of carbonyl (C=O) groups excluding carboxylic acids is 1. The molecule has 0 heterocycles. The Morgan fingerprint density at radius 3 is 2.27 bits per heavy atom. The van der Waals surface area contributed by atoms with Gasteiger partial charge in [-0.25, -0.2) is 4.79 Å². The smallest absolute Gasteiger partial charge is 0.333 e. The first-order valence-electron chi connectivity index (χ1n) is 5.35. The molecule has 0 fully saturated rings. The molecule has 0 aliphatic rings. The topological polar surface area (TPSA) is 43.4 Å². The number of hydrogen-bond donors (Lipinski definition) is 0. The molecular formula is C11H21O3P. The SMILES string of the molecule is C=C(C)C(=O)OCCCP(=O)(CC)CC. The zero-order chi connectivity index (χ0) is 11.9. The Morgan fingerprint density at radius 1 is 1.33 bits per heavy atom. The summed E-state index contributed by atoms with van der Waals surface area (Å²) in [4.78, 5) is 11.0.